The van der Waals surface area contributed by atoms with Gasteiger partial charge >= 0.3 is 0 Å². The van der Waals surface area contributed by atoms with Crippen molar-refractivity contribution >= 4 is 5.78 Å². The first-order chi connectivity index (χ1) is 19.6. The molecule has 2 fully saturated rings. The van der Waals surface area contributed by atoms with Crippen LogP contribution in [0.15, 0.2) is 29.4 Å². The number of likely N-dealkylation sites (tertiary alicyclic amines) is 1. The van der Waals surface area contributed by atoms with Crippen LogP contribution in [0.3, 0.4) is 0 Å². The minimum Gasteiger partial charge on any atom is -0.468 e. The Bertz CT molecular complexity index is 1420. The first kappa shape index (κ1) is 25.6. The molecular formula is C30H37N7O3. The van der Waals surface area contributed by atoms with Crippen molar-refractivity contribution in [1.82, 2.24) is 35.1 Å². The number of likely N-dealkylation sites (N-methyl/N-ethyl adjacent to an activating group) is 1. The standard InChI is InChI=1S/C30H37N7O3/c1-3-23(22-9-7-15-36(22)2)39-26-16-25(37-18-19-17-31-14-11-21(19)34-37)32-29(33-26)27-20-8-6-13-30(28(20)40-35-27)12-5-4-10-24(30)38/h3,16,18,22-23,31H,1,4-15,17H2,2H3/t22-,23-,30+/m0/s1. The monoisotopic (exact) mass is 543 g/mol. The third-order valence-electron chi connectivity index (χ3n) is 9.36. The van der Waals surface area contributed by atoms with Crippen molar-refractivity contribution in [2.24, 2.45) is 0 Å². The summed E-state index contributed by atoms with van der Waals surface area (Å²) in [5, 5.41) is 12.8. The molecule has 4 aliphatic rings. The number of ketones is 1. The van der Waals surface area contributed by atoms with Crippen LogP contribution in [0.2, 0.25) is 0 Å². The largest absolute Gasteiger partial charge is 0.468 e. The molecule has 210 valence electrons. The molecule has 1 spiro atoms. The molecule has 0 radical (unpaired) electrons. The topological polar surface area (TPSA) is 111 Å². The molecule has 1 saturated carbocycles. The number of carbonyl (C=O) groups excluding carboxylic acids is 1. The van der Waals surface area contributed by atoms with E-state index in [1.165, 1.54) is 5.56 Å². The van der Waals surface area contributed by atoms with E-state index in [0.717, 1.165) is 94.4 Å². The minimum absolute atomic E-state index is 0.215. The number of fused-ring (bicyclic) bond motifs is 3. The number of nitrogens with one attached hydrogen (secondary N) is 1. The van der Waals surface area contributed by atoms with Crippen LogP contribution in [0.4, 0.5) is 0 Å². The Kier molecular flexibility index (Phi) is 6.54. The zero-order valence-corrected chi connectivity index (χ0v) is 23.2. The van der Waals surface area contributed by atoms with Gasteiger partial charge in [-0.05, 0) is 64.6 Å². The van der Waals surface area contributed by atoms with E-state index in [-0.39, 0.29) is 17.9 Å². The third kappa shape index (κ3) is 4.28. The number of carbonyl (C=O) groups is 1. The predicted molar refractivity (Wildman–Crippen MR) is 148 cm³/mol. The number of hydrogen-bond acceptors (Lipinski definition) is 9. The van der Waals surface area contributed by atoms with Crippen molar-refractivity contribution in [2.45, 2.75) is 88.3 Å². The van der Waals surface area contributed by atoms with Gasteiger partial charge in [-0.3, -0.25) is 9.69 Å². The fourth-order valence-corrected chi connectivity index (χ4v) is 7.19. The van der Waals surface area contributed by atoms with E-state index < -0.39 is 5.41 Å². The molecule has 0 amide bonds. The van der Waals surface area contributed by atoms with Crippen LogP contribution in [0, 0.1) is 0 Å². The zero-order valence-electron chi connectivity index (χ0n) is 23.2. The summed E-state index contributed by atoms with van der Waals surface area (Å²) in [7, 11) is 2.13. The highest BCUT2D eigenvalue weighted by Crippen LogP contribution is 2.47. The van der Waals surface area contributed by atoms with Gasteiger partial charge in [0.25, 0.3) is 0 Å². The van der Waals surface area contributed by atoms with E-state index in [2.05, 4.69) is 29.0 Å². The quantitative estimate of drug-likeness (QED) is 0.465. The maximum absolute atomic E-state index is 13.2. The Morgan fingerprint density at radius 1 is 1.20 bits per heavy atom. The van der Waals surface area contributed by atoms with Gasteiger partial charge in [-0.2, -0.15) is 10.1 Å². The Morgan fingerprint density at radius 3 is 2.90 bits per heavy atom. The smallest absolute Gasteiger partial charge is 0.219 e. The lowest BCUT2D eigenvalue weighted by atomic mass is 9.64. The summed E-state index contributed by atoms with van der Waals surface area (Å²) in [6.07, 6.45) is 12.7. The van der Waals surface area contributed by atoms with Crippen molar-refractivity contribution in [2.75, 3.05) is 20.1 Å². The van der Waals surface area contributed by atoms with Gasteiger partial charge in [0.1, 0.15) is 11.9 Å². The van der Waals surface area contributed by atoms with E-state index in [1.54, 1.807) is 0 Å². The number of Topliss-reactive ketones (excluding diaryl/α,β-unsaturated/α-hetero) is 1. The van der Waals surface area contributed by atoms with Crippen LogP contribution in [0.25, 0.3) is 17.3 Å². The average Bonchev–Trinajstić information content (AvgIpc) is 3.72. The van der Waals surface area contributed by atoms with Gasteiger partial charge in [-0.15, -0.1) is 0 Å². The molecule has 1 N–H and O–H groups in total. The Morgan fingerprint density at radius 2 is 2.10 bits per heavy atom. The fourth-order valence-electron chi connectivity index (χ4n) is 7.19. The molecule has 2 aliphatic carbocycles. The molecule has 3 atom stereocenters. The molecule has 0 unspecified atom stereocenters. The molecule has 1 saturated heterocycles. The number of ether oxygens (including phenoxy) is 1. The molecular weight excluding hydrogens is 506 g/mol. The lowest BCUT2D eigenvalue weighted by molar-refractivity contribution is -0.128. The number of aromatic nitrogens is 5. The predicted octanol–water partition coefficient (Wildman–Crippen LogP) is 3.71. The Balaban J connectivity index is 1.31. The van der Waals surface area contributed by atoms with E-state index in [0.29, 0.717) is 29.6 Å². The first-order valence-electron chi connectivity index (χ1n) is 14.8. The second-order valence-electron chi connectivity index (χ2n) is 11.8. The fraction of sp³-hybridized carbons (Fsp3) is 0.567. The average molecular weight is 544 g/mol. The molecule has 5 heterocycles. The number of rotatable bonds is 6. The van der Waals surface area contributed by atoms with Crippen LogP contribution in [-0.4, -0.2) is 67.9 Å². The summed E-state index contributed by atoms with van der Waals surface area (Å²) in [5.41, 5.74) is 3.26. The summed E-state index contributed by atoms with van der Waals surface area (Å²) in [6, 6.07) is 2.08. The maximum atomic E-state index is 13.2. The van der Waals surface area contributed by atoms with Crippen molar-refractivity contribution in [3.63, 3.8) is 0 Å². The molecule has 10 heteroatoms. The summed E-state index contributed by atoms with van der Waals surface area (Å²) in [4.78, 5) is 25.3. The molecule has 2 aliphatic heterocycles. The highest BCUT2D eigenvalue weighted by molar-refractivity contribution is 5.91. The van der Waals surface area contributed by atoms with Crippen LogP contribution < -0.4 is 10.1 Å². The number of hydrogen-bond donors (Lipinski definition) is 1. The van der Waals surface area contributed by atoms with Crippen molar-refractivity contribution in [3.05, 3.63) is 47.5 Å². The van der Waals surface area contributed by atoms with E-state index in [9.17, 15) is 4.79 Å². The molecule has 0 aromatic carbocycles. The summed E-state index contributed by atoms with van der Waals surface area (Å²) in [5.74, 6) is 2.52. The highest BCUT2D eigenvalue weighted by Gasteiger charge is 2.48. The van der Waals surface area contributed by atoms with E-state index >= 15 is 0 Å². The van der Waals surface area contributed by atoms with Crippen LogP contribution in [0.1, 0.15) is 73.9 Å². The molecule has 10 nitrogen and oxygen atoms in total. The van der Waals surface area contributed by atoms with Crippen LogP contribution >= 0.6 is 0 Å². The van der Waals surface area contributed by atoms with Crippen molar-refractivity contribution in [1.29, 1.82) is 0 Å². The summed E-state index contributed by atoms with van der Waals surface area (Å²) < 4.78 is 14.3. The van der Waals surface area contributed by atoms with Crippen molar-refractivity contribution < 1.29 is 14.1 Å². The van der Waals surface area contributed by atoms with Gasteiger partial charge < -0.3 is 14.6 Å². The third-order valence-corrected chi connectivity index (χ3v) is 9.36. The van der Waals surface area contributed by atoms with Crippen molar-refractivity contribution in [3.8, 4) is 23.2 Å². The Labute approximate surface area is 234 Å². The second-order valence-corrected chi connectivity index (χ2v) is 11.8. The van der Waals surface area contributed by atoms with Crippen LogP contribution in [0.5, 0.6) is 5.88 Å². The summed E-state index contributed by atoms with van der Waals surface area (Å²) >= 11 is 0. The van der Waals surface area contributed by atoms with E-state index in [4.69, 9.17) is 24.3 Å². The maximum Gasteiger partial charge on any atom is 0.219 e. The summed E-state index contributed by atoms with van der Waals surface area (Å²) in [6.45, 7) is 6.81. The second kappa shape index (κ2) is 10.2. The van der Waals surface area contributed by atoms with Gasteiger partial charge in [-0.25, -0.2) is 9.67 Å². The van der Waals surface area contributed by atoms with Gasteiger partial charge in [-0.1, -0.05) is 18.2 Å². The van der Waals surface area contributed by atoms with Crippen LogP contribution in [-0.2, 0) is 29.6 Å². The Hall–Kier alpha value is -3.37. The minimum atomic E-state index is -0.553. The molecule has 7 rings (SSSR count). The normalized spacial score (nSPS) is 25.5. The lowest BCUT2D eigenvalue weighted by Gasteiger charge is -2.36. The molecule has 3 aromatic rings. The molecule has 40 heavy (non-hydrogen) atoms. The zero-order chi connectivity index (χ0) is 27.3. The van der Waals surface area contributed by atoms with Gasteiger partial charge in [0.2, 0.25) is 5.88 Å². The molecule has 0 bridgehead atoms. The first-order valence-corrected chi connectivity index (χ1v) is 14.8. The highest BCUT2D eigenvalue weighted by atomic mass is 16.5. The number of nitrogens with zero attached hydrogens (tertiary/aromatic N) is 6. The van der Waals surface area contributed by atoms with Gasteiger partial charge in [0.15, 0.2) is 23.1 Å². The molecule has 3 aromatic heterocycles. The van der Waals surface area contributed by atoms with Gasteiger partial charge in [0.05, 0.1) is 17.2 Å². The SMILES string of the molecule is C=C[C@H](Oc1cc(-n2cc3c(n2)CCNC3)nc(-c2noc3c2CCC[C@@]32CCCCC2=O)n1)[C@@H]1CCCN1C. The van der Waals surface area contributed by atoms with E-state index in [1.807, 2.05) is 23.0 Å². The lowest BCUT2D eigenvalue weighted by Crippen LogP contribution is -2.41. The van der Waals surface area contributed by atoms with Gasteiger partial charge in [0, 0.05) is 49.3 Å².